The second kappa shape index (κ2) is 5.51. The Hall–Kier alpha value is -3.84. The molecule has 0 aliphatic heterocycles. The highest BCUT2D eigenvalue weighted by molar-refractivity contribution is 5.84. The third-order valence-electron chi connectivity index (χ3n) is 3.42. The van der Waals surface area contributed by atoms with Crippen molar-refractivity contribution in [3.05, 3.63) is 64.5 Å². The van der Waals surface area contributed by atoms with Crippen molar-refractivity contribution in [2.75, 3.05) is 5.73 Å². The number of hydrogen-bond acceptors (Lipinski definition) is 5. The zero-order valence-corrected chi connectivity index (χ0v) is 11.8. The largest absolute Gasteiger partial charge is 0.384 e. The van der Waals surface area contributed by atoms with Crippen LogP contribution < -0.4 is 11.3 Å². The topological polar surface area (TPSA) is 124 Å². The first-order valence-electron chi connectivity index (χ1n) is 6.61. The number of H-pyrrole nitrogens is 1. The molecule has 7 heteroatoms. The van der Waals surface area contributed by atoms with E-state index < -0.39 is 5.56 Å². The number of nitrogens with zero attached hydrogens (tertiary/aromatic N) is 4. The fraction of sp³-hybridized carbons (Fsp3) is 0. The summed E-state index contributed by atoms with van der Waals surface area (Å²) < 4.78 is 1.73. The molecule has 0 aliphatic carbocycles. The molecule has 0 atom stereocenters. The van der Waals surface area contributed by atoms with E-state index in [0.29, 0.717) is 11.3 Å². The number of aromatic nitrogens is 3. The number of nitrogen functional groups attached to an aromatic ring is 1. The third-order valence-corrected chi connectivity index (χ3v) is 3.42. The first kappa shape index (κ1) is 14.1. The molecule has 0 amide bonds. The van der Waals surface area contributed by atoms with E-state index in [1.165, 1.54) is 0 Å². The highest BCUT2D eigenvalue weighted by Gasteiger charge is 2.20. The fourth-order valence-electron chi connectivity index (χ4n) is 2.42. The van der Waals surface area contributed by atoms with Crippen molar-refractivity contribution in [1.82, 2.24) is 14.5 Å². The highest BCUT2D eigenvalue weighted by atomic mass is 16.1. The number of aromatic amines is 1. The Morgan fingerprint density at radius 3 is 2.57 bits per heavy atom. The van der Waals surface area contributed by atoms with Crippen LogP contribution in [-0.4, -0.2) is 14.5 Å². The second-order valence-corrected chi connectivity index (χ2v) is 4.70. The van der Waals surface area contributed by atoms with Crippen LogP contribution in [0.3, 0.4) is 0 Å². The van der Waals surface area contributed by atoms with Crippen LogP contribution >= 0.6 is 0 Å². The van der Waals surface area contributed by atoms with Gasteiger partial charge in [0.05, 0.1) is 12.0 Å². The molecule has 23 heavy (non-hydrogen) atoms. The number of anilines is 1. The minimum absolute atomic E-state index is 0.0630. The Morgan fingerprint density at radius 2 is 1.91 bits per heavy atom. The highest BCUT2D eigenvalue weighted by Crippen LogP contribution is 2.32. The number of nitriles is 2. The summed E-state index contributed by atoms with van der Waals surface area (Å²) in [5, 5.41) is 18.8. The van der Waals surface area contributed by atoms with Crippen molar-refractivity contribution < 1.29 is 0 Å². The van der Waals surface area contributed by atoms with Gasteiger partial charge in [-0.05, 0) is 6.07 Å². The molecule has 3 aromatic rings. The van der Waals surface area contributed by atoms with Crippen LogP contribution in [0.15, 0.2) is 47.8 Å². The van der Waals surface area contributed by atoms with Gasteiger partial charge in [-0.15, -0.1) is 0 Å². The molecule has 0 saturated heterocycles. The van der Waals surface area contributed by atoms with E-state index in [0.717, 1.165) is 0 Å². The zero-order chi connectivity index (χ0) is 16.4. The molecule has 110 valence electrons. The minimum Gasteiger partial charge on any atom is -0.384 e. The standard InChI is InChI=1S/C16H10N6O/c17-7-11-14(12(8-18)16(23)21-15(11)19)10-3-1-2-4-13(10)22-6-5-20-9-22/h1-6,9H,(H3,19,21,23). The maximum absolute atomic E-state index is 12.0. The van der Waals surface area contributed by atoms with Crippen molar-refractivity contribution in [2.45, 2.75) is 0 Å². The summed E-state index contributed by atoms with van der Waals surface area (Å²) in [4.78, 5) is 18.4. The van der Waals surface area contributed by atoms with Gasteiger partial charge in [-0.2, -0.15) is 10.5 Å². The number of para-hydroxylation sites is 1. The van der Waals surface area contributed by atoms with Crippen molar-refractivity contribution in [3.63, 3.8) is 0 Å². The van der Waals surface area contributed by atoms with Gasteiger partial charge in [-0.3, -0.25) is 4.79 Å². The van der Waals surface area contributed by atoms with E-state index in [4.69, 9.17) is 5.73 Å². The summed E-state index contributed by atoms with van der Waals surface area (Å²) in [6.07, 6.45) is 4.93. The molecule has 7 nitrogen and oxygen atoms in total. The van der Waals surface area contributed by atoms with Gasteiger partial charge in [0.25, 0.3) is 5.56 Å². The van der Waals surface area contributed by atoms with Crippen LogP contribution in [0.25, 0.3) is 16.8 Å². The molecule has 0 fully saturated rings. The van der Waals surface area contributed by atoms with Crippen LogP contribution in [0.1, 0.15) is 11.1 Å². The lowest BCUT2D eigenvalue weighted by atomic mass is 9.95. The predicted octanol–water partition coefficient (Wildman–Crippen LogP) is 1.55. The molecular weight excluding hydrogens is 292 g/mol. The summed E-state index contributed by atoms with van der Waals surface area (Å²) in [6.45, 7) is 0. The van der Waals surface area contributed by atoms with E-state index in [2.05, 4.69) is 9.97 Å². The monoisotopic (exact) mass is 302 g/mol. The van der Waals surface area contributed by atoms with Gasteiger partial charge in [0.1, 0.15) is 29.1 Å². The Morgan fingerprint density at radius 1 is 1.17 bits per heavy atom. The van der Waals surface area contributed by atoms with E-state index in [1.54, 1.807) is 41.5 Å². The van der Waals surface area contributed by atoms with Gasteiger partial charge in [-0.1, -0.05) is 18.2 Å². The SMILES string of the molecule is N#Cc1c(N)[nH]c(=O)c(C#N)c1-c1ccccc1-n1ccnc1. The van der Waals surface area contributed by atoms with Crippen LogP contribution in [0.5, 0.6) is 0 Å². The van der Waals surface area contributed by atoms with E-state index in [1.807, 2.05) is 18.2 Å². The molecule has 1 aromatic carbocycles. The molecule has 0 spiro atoms. The van der Waals surface area contributed by atoms with Crippen molar-refractivity contribution in [3.8, 4) is 29.0 Å². The Kier molecular flexibility index (Phi) is 3.38. The quantitative estimate of drug-likeness (QED) is 0.743. The van der Waals surface area contributed by atoms with Crippen molar-refractivity contribution in [1.29, 1.82) is 10.5 Å². The molecule has 0 radical (unpaired) electrons. The maximum Gasteiger partial charge on any atom is 0.268 e. The van der Waals surface area contributed by atoms with Crippen molar-refractivity contribution >= 4 is 5.82 Å². The molecule has 3 rings (SSSR count). The van der Waals surface area contributed by atoms with E-state index in [-0.39, 0.29) is 22.5 Å². The van der Waals surface area contributed by atoms with Gasteiger partial charge >= 0.3 is 0 Å². The lowest BCUT2D eigenvalue weighted by Crippen LogP contribution is -2.16. The van der Waals surface area contributed by atoms with Gasteiger partial charge in [0.15, 0.2) is 0 Å². The summed E-state index contributed by atoms with van der Waals surface area (Å²) >= 11 is 0. The maximum atomic E-state index is 12.0. The third kappa shape index (κ3) is 2.23. The molecular formula is C16H10N6O. The van der Waals surface area contributed by atoms with Gasteiger partial charge < -0.3 is 15.3 Å². The lowest BCUT2D eigenvalue weighted by molar-refractivity contribution is 1.06. The predicted molar refractivity (Wildman–Crippen MR) is 83.5 cm³/mol. The number of pyridine rings is 1. The van der Waals surface area contributed by atoms with E-state index >= 15 is 0 Å². The molecule has 0 unspecified atom stereocenters. The summed E-state index contributed by atoms with van der Waals surface area (Å²) in [5.41, 5.74) is 6.50. The first-order valence-corrected chi connectivity index (χ1v) is 6.61. The summed E-state index contributed by atoms with van der Waals surface area (Å²) in [5.74, 6) is -0.0630. The molecule has 0 aliphatic rings. The molecule has 0 bridgehead atoms. The number of hydrogen-bond donors (Lipinski definition) is 2. The van der Waals surface area contributed by atoms with Crippen LogP contribution in [-0.2, 0) is 0 Å². The van der Waals surface area contributed by atoms with Crippen LogP contribution in [0.4, 0.5) is 5.82 Å². The lowest BCUT2D eigenvalue weighted by Gasteiger charge is -2.13. The number of nitrogens with one attached hydrogen (secondary N) is 1. The molecule has 2 aromatic heterocycles. The Balaban J connectivity index is 2.45. The van der Waals surface area contributed by atoms with Gasteiger partial charge in [0, 0.05) is 23.5 Å². The normalized spacial score (nSPS) is 10.0. The second-order valence-electron chi connectivity index (χ2n) is 4.70. The number of rotatable bonds is 2. The summed E-state index contributed by atoms with van der Waals surface area (Å²) in [6, 6.07) is 10.9. The summed E-state index contributed by atoms with van der Waals surface area (Å²) in [7, 11) is 0. The zero-order valence-electron chi connectivity index (χ0n) is 11.8. The average molecular weight is 302 g/mol. The number of benzene rings is 1. The number of nitrogens with two attached hydrogens (primary N) is 1. The first-order chi connectivity index (χ1) is 11.2. The molecule has 2 heterocycles. The van der Waals surface area contributed by atoms with Crippen molar-refractivity contribution in [2.24, 2.45) is 0 Å². The van der Waals surface area contributed by atoms with Crippen LogP contribution in [0, 0.1) is 22.7 Å². The molecule has 3 N–H and O–H groups in total. The molecule has 0 saturated carbocycles. The van der Waals surface area contributed by atoms with Gasteiger partial charge in [0.2, 0.25) is 0 Å². The smallest absolute Gasteiger partial charge is 0.268 e. The van der Waals surface area contributed by atoms with E-state index in [9.17, 15) is 15.3 Å². The minimum atomic E-state index is -0.626. The fourth-order valence-corrected chi connectivity index (χ4v) is 2.42. The Bertz CT molecular complexity index is 1020. The van der Waals surface area contributed by atoms with Gasteiger partial charge in [-0.25, -0.2) is 4.98 Å². The number of imidazole rings is 1. The average Bonchev–Trinajstić information content (AvgIpc) is 3.08. The van der Waals surface area contributed by atoms with Crippen LogP contribution in [0.2, 0.25) is 0 Å². The Labute approximate surface area is 130 Å².